The summed E-state index contributed by atoms with van der Waals surface area (Å²) in [6.45, 7) is 3.02. The van der Waals surface area contributed by atoms with Crippen molar-refractivity contribution in [2.75, 3.05) is 5.75 Å². The first-order valence-corrected chi connectivity index (χ1v) is 16.6. The Morgan fingerprint density at radius 1 is 0.830 bits per heavy atom. The minimum absolute atomic E-state index is 0.00600. The van der Waals surface area contributed by atoms with Gasteiger partial charge in [-0.3, -0.25) is 0 Å². The Bertz CT molecular complexity index is 1750. The fourth-order valence-electron chi connectivity index (χ4n) is 5.53. The number of nitrogens with one attached hydrogen (secondary N) is 2. The quantitative estimate of drug-likeness (QED) is 0.150. The summed E-state index contributed by atoms with van der Waals surface area (Å²) in [6.07, 6.45) is -0.916. The fourth-order valence-corrected chi connectivity index (χ4v) is 6.54. The second-order valence-corrected chi connectivity index (χ2v) is 12.5. The first-order chi connectivity index (χ1) is 23.0. The van der Waals surface area contributed by atoms with Gasteiger partial charge in [0.1, 0.15) is 0 Å². The molecule has 47 heavy (non-hydrogen) atoms. The molecule has 6 rings (SSSR count). The number of aryl methyl sites for hydroxylation is 1. The molecule has 0 radical (unpaired) electrons. The third kappa shape index (κ3) is 8.25. The topological polar surface area (TPSA) is 123 Å². The normalized spacial score (nSPS) is 19.3. The van der Waals surface area contributed by atoms with Gasteiger partial charge in [-0.15, -0.1) is 5.10 Å². The summed E-state index contributed by atoms with van der Waals surface area (Å²) < 4.78 is 14.9. The van der Waals surface area contributed by atoms with Crippen molar-refractivity contribution in [3.8, 4) is 11.1 Å². The number of hydrogen-bond donors (Lipinski definition) is 3. The summed E-state index contributed by atoms with van der Waals surface area (Å²) in [5, 5.41) is 27.9. The molecule has 1 aliphatic rings. The highest BCUT2D eigenvalue weighted by molar-refractivity contribution is 7.99. The molecule has 1 fully saturated rings. The van der Waals surface area contributed by atoms with Crippen LogP contribution in [0.15, 0.2) is 108 Å². The predicted octanol–water partition coefficient (Wildman–Crippen LogP) is 5.95. The molecule has 0 spiro atoms. The first-order valence-electron chi connectivity index (χ1n) is 15.6. The zero-order chi connectivity index (χ0) is 32.6. The number of urea groups is 1. The molecule has 1 aromatic heterocycles. The van der Waals surface area contributed by atoms with Crippen molar-refractivity contribution in [1.82, 2.24) is 30.8 Å². The van der Waals surface area contributed by atoms with Crippen LogP contribution in [0.5, 0.6) is 0 Å². The van der Waals surface area contributed by atoms with E-state index in [0.717, 1.165) is 44.1 Å². The maximum Gasteiger partial charge on any atom is 0.315 e. The van der Waals surface area contributed by atoms with E-state index in [1.807, 2.05) is 85.9 Å². The van der Waals surface area contributed by atoms with Crippen molar-refractivity contribution in [3.05, 3.63) is 131 Å². The Morgan fingerprint density at radius 2 is 1.53 bits per heavy atom. The number of aromatic nitrogens is 4. The van der Waals surface area contributed by atoms with E-state index in [0.29, 0.717) is 18.8 Å². The van der Waals surface area contributed by atoms with Crippen LogP contribution < -0.4 is 10.6 Å². The van der Waals surface area contributed by atoms with Crippen LogP contribution in [0.1, 0.15) is 47.1 Å². The van der Waals surface area contributed by atoms with E-state index in [-0.39, 0.29) is 30.8 Å². The molecule has 4 atom stereocenters. The number of thioether (sulfide) groups is 1. The van der Waals surface area contributed by atoms with Gasteiger partial charge in [-0.2, -0.15) is 0 Å². The highest BCUT2D eigenvalue weighted by Crippen LogP contribution is 2.43. The summed E-state index contributed by atoms with van der Waals surface area (Å²) in [7, 11) is 1.82. The van der Waals surface area contributed by atoms with Crippen LogP contribution in [-0.2, 0) is 36.2 Å². The number of aliphatic hydroxyl groups excluding tert-OH is 1. The van der Waals surface area contributed by atoms with Gasteiger partial charge in [0, 0.05) is 37.4 Å². The number of amides is 2. The molecule has 0 aliphatic carbocycles. The lowest BCUT2D eigenvalue weighted by Crippen LogP contribution is -2.38. The molecular weight excluding hydrogens is 613 g/mol. The van der Waals surface area contributed by atoms with Crippen LogP contribution >= 0.6 is 11.8 Å². The maximum atomic E-state index is 12.4. The Morgan fingerprint density at radius 3 is 2.23 bits per heavy atom. The molecule has 1 aliphatic heterocycles. The average molecular weight is 651 g/mol. The van der Waals surface area contributed by atoms with Crippen LogP contribution in [0.25, 0.3) is 11.1 Å². The number of ether oxygens (including phenoxy) is 2. The summed E-state index contributed by atoms with van der Waals surface area (Å²) in [5.74, 6) is 0.708. The summed E-state index contributed by atoms with van der Waals surface area (Å²) in [5.41, 5.74) is 6.96. The van der Waals surface area contributed by atoms with Crippen molar-refractivity contribution in [1.29, 1.82) is 0 Å². The van der Waals surface area contributed by atoms with E-state index in [9.17, 15) is 9.90 Å². The number of tetrazole rings is 1. The maximum absolute atomic E-state index is 12.4. The molecule has 0 bridgehead atoms. The van der Waals surface area contributed by atoms with Crippen LogP contribution in [0.4, 0.5) is 4.79 Å². The molecule has 0 unspecified atom stereocenters. The highest BCUT2D eigenvalue weighted by Gasteiger charge is 2.38. The smallest absolute Gasteiger partial charge is 0.315 e. The lowest BCUT2D eigenvalue weighted by atomic mass is 9.91. The minimum atomic E-state index is -0.573. The number of aliphatic hydroxyl groups is 1. The second kappa shape index (κ2) is 15.4. The zero-order valence-electron chi connectivity index (χ0n) is 26.3. The van der Waals surface area contributed by atoms with Gasteiger partial charge in [-0.05, 0) is 49.9 Å². The molecule has 11 heteroatoms. The zero-order valence-corrected chi connectivity index (χ0v) is 27.1. The number of rotatable bonds is 11. The van der Waals surface area contributed by atoms with Crippen LogP contribution in [0.3, 0.4) is 0 Å². The summed E-state index contributed by atoms with van der Waals surface area (Å²) in [6, 6.07) is 33.9. The molecule has 2 amide bonds. The van der Waals surface area contributed by atoms with Gasteiger partial charge in [-0.1, -0.05) is 116 Å². The van der Waals surface area contributed by atoms with Gasteiger partial charge in [-0.25, -0.2) is 9.48 Å². The summed E-state index contributed by atoms with van der Waals surface area (Å²) >= 11 is 1.56. The van der Waals surface area contributed by atoms with Gasteiger partial charge >= 0.3 is 6.03 Å². The molecule has 10 nitrogen and oxygen atoms in total. The van der Waals surface area contributed by atoms with Crippen LogP contribution in [-0.4, -0.2) is 43.2 Å². The third-order valence-electron chi connectivity index (χ3n) is 8.27. The van der Waals surface area contributed by atoms with Crippen molar-refractivity contribution in [3.63, 3.8) is 0 Å². The monoisotopic (exact) mass is 650 g/mol. The van der Waals surface area contributed by atoms with Gasteiger partial charge in [0.2, 0.25) is 5.16 Å². The molecule has 0 saturated carbocycles. The van der Waals surface area contributed by atoms with E-state index in [1.165, 1.54) is 0 Å². The SMILES string of the molecule is C[C@H]1[C@@H](CSc2nnnn2C)O[C@@H](c2ccc(-c3cccc(CNC(=O)NCc4ccccc4)c3)cc2)O[C@H]1c1ccc(CO)cc1. The Labute approximate surface area is 278 Å². The Hall–Kier alpha value is -4.55. The van der Waals surface area contributed by atoms with Crippen molar-refractivity contribution in [2.45, 2.75) is 50.3 Å². The lowest BCUT2D eigenvalue weighted by molar-refractivity contribution is -0.268. The fraction of sp³-hybridized carbons (Fsp3) is 0.278. The van der Waals surface area contributed by atoms with E-state index in [4.69, 9.17) is 9.47 Å². The summed E-state index contributed by atoms with van der Waals surface area (Å²) in [4.78, 5) is 12.4. The molecule has 1 saturated heterocycles. The third-order valence-corrected chi connectivity index (χ3v) is 9.37. The highest BCUT2D eigenvalue weighted by atomic mass is 32.2. The van der Waals surface area contributed by atoms with E-state index < -0.39 is 6.29 Å². The number of carbonyl (C=O) groups excluding carboxylic acids is 1. The van der Waals surface area contributed by atoms with Crippen LogP contribution in [0, 0.1) is 5.92 Å². The van der Waals surface area contributed by atoms with Crippen LogP contribution in [0.2, 0.25) is 0 Å². The molecule has 5 aromatic rings. The number of nitrogens with zero attached hydrogens (tertiary/aromatic N) is 4. The van der Waals surface area contributed by atoms with E-state index in [1.54, 1.807) is 16.4 Å². The molecule has 3 N–H and O–H groups in total. The molecule has 4 aromatic carbocycles. The van der Waals surface area contributed by atoms with Crippen molar-refractivity contribution >= 4 is 17.8 Å². The van der Waals surface area contributed by atoms with Gasteiger partial charge in [0.25, 0.3) is 0 Å². The molecular formula is C36H38N6O4S. The average Bonchev–Trinajstić information content (AvgIpc) is 3.54. The van der Waals surface area contributed by atoms with E-state index >= 15 is 0 Å². The predicted molar refractivity (Wildman–Crippen MR) is 180 cm³/mol. The first kappa shape index (κ1) is 32.4. The van der Waals surface area contributed by atoms with Crippen molar-refractivity contribution in [2.24, 2.45) is 13.0 Å². The lowest BCUT2D eigenvalue weighted by Gasteiger charge is -2.41. The minimum Gasteiger partial charge on any atom is -0.392 e. The number of hydrogen-bond acceptors (Lipinski definition) is 8. The van der Waals surface area contributed by atoms with E-state index in [2.05, 4.69) is 57.3 Å². The standard InChI is InChI=1S/C36H38N6O4S/c1-24-32(23-47-36-39-40-41-42(36)2)45-34(46-33(24)29-13-11-26(22-43)12-14-29)30-17-15-28(16-18-30)31-10-6-9-27(19-31)21-38-35(44)37-20-25-7-4-3-5-8-25/h3-19,24,32-34,43H,20-23H2,1-2H3,(H2,37,38,44)/t24-,32+,33+,34+/m0/s1. The van der Waals surface area contributed by atoms with Gasteiger partial charge < -0.3 is 25.2 Å². The largest absolute Gasteiger partial charge is 0.392 e. The van der Waals surface area contributed by atoms with Gasteiger partial charge in [0.15, 0.2) is 6.29 Å². The number of benzene rings is 4. The molecule has 2 heterocycles. The number of carbonyl (C=O) groups is 1. The van der Waals surface area contributed by atoms with Crippen molar-refractivity contribution < 1.29 is 19.4 Å². The Balaban J connectivity index is 1.13. The Kier molecular flexibility index (Phi) is 10.6. The van der Waals surface area contributed by atoms with Gasteiger partial charge in [0.05, 0.1) is 18.8 Å². The molecule has 242 valence electrons. The second-order valence-electron chi connectivity index (χ2n) is 11.6.